The average molecular weight is 528 g/mol. The number of fused-ring (bicyclic) bond motifs is 1. The molecule has 5 rings (SSSR count). The Bertz CT molecular complexity index is 1480. The average Bonchev–Trinajstić information content (AvgIpc) is 3.43. The number of amides is 2. The maximum atomic E-state index is 13.1. The van der Waals surface area contributed by atoms with Crippen molar-refractivity contribution in [2.24, 2.45) is 0 Å². The highest BCUT2D eigenvalue weighted by molar-refractivity contribution is 6.08. The van der Waals surface area contributed by atoms with Gasteiger partial charge in [-0.05, 0) is 41.7 Å². The Kier molecular flexibility index (Phi) is 7.51. The maximum absolute atomic E-state index is 13.1. The molecule has 1 fully saturated rings. The van der Waals surface area contributed by atoms with Gasteiger partial charge in [0.25, 0.3) is 0 Å². The first kappa shape index (κ1) is 26.2. The Morgan fingerprint density at radius 3 is 2.49 bits per heavy atom. The number of hydrogen-bond donors (Lipinski definition) is 3. The van der Waals surface area contributed by atoms with Gasteiger partial charge in [0, 0.05) is 29.6 Å². The molecule has 3 N–H and O–H groups in total. The van der Waals surface area contributed by atoms with Crippen molar-refractivity contribution < 1.29 is 19.0 Å². The van der Waals surface area contributed by atoms with E-state index in [2.05, 4.69) is 46.7 Å². The Labute approximate surface area is 227 Å². The fourth-order valence-corrected chi connectivity index (χ4v) is 4.43. The highest BCUT2D eigenvalue weighted by atomic mass is 16.5. The molecule has 1 unspecified atom stereocenters. The molecule has 0 aliphatic carbocycles. The van der Waals surface area contributed by atoms with E-state index in [0.29, 0.717) is 41.3 Å². The van der Waals surface area contributed by atoms with Crippen molar-refractivity contribution in [2.45, 2.75) is 38.6 Å². The van der Waals surface area contributed by atoms with Crippen molar-refractivity contribution in [3.05, 3.63) is 72.4 Å². The van der Waals surface area contributed by atoms with Crippen LogP contribution in [0.15, 0.2) is 66.9 Å². The highest BCUT2D eigenvalue weighted by Crippen LogP contribution is 2.35. The smallest absolute Gasteiger partial charge is 0.323 e. The molecule has 0 spiro atoms. The number of urea groups is 1. The third-order valence-corrected chi connectivity index (χ3v) is 6.55. The van der Waals surface area contributed by atoms with Gasteiger partial charge in [0.05, 0.1) is 31.1 Å². The molecule has 4 aromatic rings. The maximum Gasteiger partial charge on any atom is 0.323 e. The van der Waals surface area contributed by atoms with Gasteiger partial charge >= 0.3 is 6.03 Å². The summed E-state index contributed by atoms with van der Waals surface area (Å²) < 4.78 is 17.0. The monoisotopic (exact) mass is 527 g/mol. The number of methoxy groups -OCH3 is 1. The van der Waals surface area contributed by atoms with Gasteiger partial charge in [-0.15, -0.1) is 0 Å². The van der Waals surface area contributed by atoms with Crippen LogP contribution in [0.25, 0.3) is 10.8 Å². The van der Waals surface area contributed by atoms with E-state index in [1.807, 2.05) is 54.6 Å². The second-order valence-electron chi connectivity index (χ2n) is 10.4. The van der Waals surface area contributed by atoms with Crippen LogP contribution in [0.3, 0.4) is 0 Å². The number of carbonyl (C=O) groups is 1. The minimum absolute atomic E-state index is 0.0728. The molecule has 1 aliphatic rings. The van der Waals surface area contributed by atoms with Crippen LogP contribution in [0, 0.1) is 0 Å². The minimum Gasteiger partial charge on any atom is -0.495 e. The van der Waals surface area contributed by atoms with Gasteiger partial charge in [0.15, 0.2) is 0 Å². The minimum atomic E-state index is -0.374. The van der Waals surface area contributed by atoms with Crippen LogP contribution < -0.4 is 25.4 Å². The summed E-state index contributed by atoms with van der Waals surface area (Å²) in [4.78, 5) is 21.9. The number of ether oxygens (including phenoxy) is 3. The summed E-state index contributed by atoms with van der Waals surface area (Å²) >= 11 is 0. The molecule has 0 radical (unpaired) electrons. The number of anilines is 3. The van der Waals surface area contributed by atoms with Crippen molar-refractivity contribution >= 4 is 34.1 Å². The predicted octanol–water partition coefficient (Wildman–Crippen LogP) is 6.57. The lowest BCUT2D eigenvalue weighted by Crippen LogP contribution is -2.21. The molecule has 202 valence electrons. The molecular formula is C30H33N5O4. The topological polar surface area (TPSA) is 107 Å². The van der Waals surface area contributed by atoms with E-state index in [1.165, 1.54) is 0 Å². The molecule has 2 amide bonds. The molecular weight excluding hydrogens is 494 g/mol. The van der Waals surface area contributed by atoms with Crippen molar-refractivity contribution in [3.63, 3.8) is 0 Å². The van der Waals surface area contributed by atoms with Crippen LogP contribution >= 0.6 is 0 Å². The van der Waals surface area contributed by atoms with E-state index >= 15 is 0 Å². The molecule has 2 heterocycles. The number of nitrogens with one attached hydrogen (secondary N) is 3. The Hall–Kier alpha value is -4.37. The molecule has 9 nitrogen and oxygen atoms in total. The SMILES string of the molecule is COc1ccc(C(C)(C)C)cc1NC(=O)Nc1ccc(Oc2ccnc(NC3CCOC3)n2)c2ccccc12. The van der Waals surface area contributed by atoms with Crippen molar-refractivity contribution in [1.29, 1.82) is 0 Å². The van der Waals surface area contributed by atoms with E-state index in [-0.39, 0.29) is 17.5 Å². The summed E-state index contributed by atoms with van der Waals surface area (Å²) in [6.45, 7) is 7.73. The van der Waals surface area contributed by atoms with E-state index < -0.39 is 0 Å². The van der Waals surface area contributed by atoms with Gasteiger partial charge in [-0.1, -0.05) is 51.1 Å². The molecule has 1 atom stereocenters. The van der Waals surface area contributed by atoms with Crippen LogP contribution in [0.1, 0.15) is 32.8 Å². The standard InChI is InChI=1S/C30H33N5O4/c1-30(2,3)19-9-11-26(37-4)24(17-19)34-29(36)33-23-10-12-25(22-8-6-5-7-21(22)23)39-27-13-15-31-28(35-27)32-20-14-16-38-18-20/h5-13,15,17,20H,14,16,18H2,1-4H3,(H,31,32,35)(H2,33,34,36). The van der Waals surface area contributed by atoms with Crippen LogP contribution in [-0.2, 0) is 10.2 Å². The quantitative estimate of drug-likeness (QED) is 0.249. The molecule has 1 aliphatic heterocycles. The summed E-state index contributed by atoms with van der Waals surface area (Å²) in [6.07, 6.45) is 2.57. The highest BCUT2D eigenvalue weighted by Gasteiger charge is 2.19. The fourth-order valence-electron chi connectivity index (χ4n) is 4.43. The number of nitrogens with zero attached hydrogens (tertiary/aromatic N) is 2. The number of carbonyl (C=O) groups excluding carboxylic acids is 1. The lowest BCUT2D eigenvalue weighted by molar-refractivity contribution is 0.195. The molecule has 0 bridgehead atoms. The first-order valence-electron chi connectivity index (χ1n) is 12.9. The van der Waals surface area contributed by atoms with Crippen molar-refractivity contribution in [1.82, 2.24) is 9.97 Å². The summed E-state index contributed by atoms with van der Waals surface area (Å²) in [5, 5.41) is 10.9. The Balaban J connectivity index is 1.35. The zero-order chi connectivity index (χ0) is 27.4. The van der Waals surface area contributed by atoms with Gasteiger partial charge in [0.1, 0.15) is 11.5 Å². The number of benzene rings is 3. The lowest BCUT2D eigenvalue weighted by Gasteiger charge is -2.21. The number of hydrogen-bond acceptors (Lipinski definition) is 7. The van der Waals surface area contributed by atoms with Gasteiger partial charge in [-0.2, -0.15) is 4.98 Å². The second kappa shape index (κ2) is 11.2. The molecule has 9 heteroatoms. The normalized spacial score (nSPS) is 15.1. The van der Waals surface area contributed by atoms with E-state index in [4.69, 9.17) is 14.2 Å². The number of rotatable bonds is 7. The summed E-state index contributed by atoms with van der Waals surface area (Å²) in [5.41, 5.74) is 2.26. The second-order valence-corrected chi connectivity index (χ2v) is 10.4. The molecule has 1 aromatic heterocycles. The summed E-state index contributed by atoms with van der Waals surface area (Å²) in [6, 6.07) is 18.7. The van der Waals surface area contributed by atoms with Crippen LogP contribution in [0.2, 0.25) is 0 Å². The lowest BCUT2D eigenvalue weighted by atomic mass is 9.87. The van der Waals surface area contributed by atoms with Crippen LogP contribution in [0.4, 0.5) is 22.1 Å². The first-order valence-corrected chi connectivity index (χ1v) is 12.9. The molecule has 1 saturated heterocycles. The Morgan fingerprint density at radius 2 is 1.74 bits per heavy atom. The van der Waals surface area contributed by atoms with E-state index in [1.54, 1.807) is 19.4 Å². The van der Waals surface area contributed by atoms with Crippen molar-refractivity contribution in [2.75, 3.05) is 36.3 Å². The molecule has 3 aromatic carbocycles. The molecule has 0 saturated carbocycles. The summed E-state index contributed by atoms with van der Waals surface area (Å²) in [7, 11) is 1.58. The van der Waals surface area contributed by atoms with Crippen LogP contribution in [0.5, 0.6) is 17.4 Å². The predicted molar refractivity (Wildman–Crippen MR) is 153 cm³/mol. The van der Waals surface area contributed by atoms with Crippen LogP contribution in [-0.4, -0.2) is 42.4 Å². The molecule has 39 heavy (non-hydrogen) atoms. The largest absolute Gasteiger partial charge is 0.495 e. The van der Waals surface area contributed by atoms with E-state index in [0.717, 1.165) is 29.4 Å². The van der Waals surface area contributed by atoms with Gasteiger partial charge in [-0.3, -0.25) is 0 Å². The number of aromatic nitrogens is 2. The van der Waals surface area contributed by atoms with Gasteiger partial charge < -0.3 is 30.2 Å². The first-order chi connectivity index (χ1) is 18.8. The van der Waals surface area contributed by atoms with Gasteiger partial charge in [0.2, 0.25) is 11.8 Å². The zero-order valence-electron chi connectivity index (χ0n) is 22.6. The van der Waals surface area contributed by atoms with Gasteiger partial charge in [-0.25, -0.2) is 9.78 Å². The van der Waals surface area contributed by atoms with E-state index in [9.17, 15) is 4.79 Å². The fraction of sp³-hybridized carbons (Fsp3) is 0.300. The summed E-state index contributed by atoms with van der Waals surface area (Å²) in [5.74, 6) is 2.12. The Morgan fingerprint density at radius 1 is 0.974 bits per heavy atom. The third-order valence-electron chi connectivity index (χ3n) is 6.55. The third kappa shape index (κ3) is 6.21. The van der Waals surface area contributed by atoms with Crippen molar-refractivity contribution in [3.8, 4) is 17.4 Å². The zero-order valence-corrected chi connectivity index (χ0v) is 22.6.